The Morgan fingerprint density at radius 1 is 0.619 bits per heavy atom. The average molecular weight is 874 g/mol. The molecule has 0 saturated carbocycles. The molecule has 11 N–H and O–H groups in total. The smallest absolute Gasteiger partial charge is 0.335 e. The van der Waals surface area contributed by atoms with Crippen LogP contribution in [0.5, 0.6) is 11.5 Å². The number of aromatic hydroxyl groups is 1. The number of nitrogens with one attached hydrogen (secondary N) is 5. The van der Waals surface area contributed by atoms with Crippen molar-refractivity contribution < 1.29 is 66.1 Å². The molecule has 0 spiro atoms. The summed E-state index contributed by atoms with van der Waals surface area (Å²) in [5, 5.41) is 32.1. The van der Waals surface area contributed by atoms with Crippen molar-refractivity contribution in [1.82, 2.24) is 5.32 Å². The number of carbonyl (C=O) groups is 7. The van der Waals surface area contributed by atoms with Crippen LogP contribution in [-0.4, -0.2) is 63.8 Å². The molecule has 5 aromatic carbocycles. The number of nitrogens with two attached hydrogens (primary N) is 2. The van der Waals surface area contributed by atoms with Gasteiger partial charge in [-0.3, -0.25) is 28.8 Å². The number of anilines is 5. The standard InChI is InChI=1S/C42H35F4N7O10/c1-18(2)63-36-26(16-15-25(35(36)55)39(58)49-22-13-7-21(8-14-22)42(61)62)52-37(56)19-3-9-23(10-4-19)50-40(59)27(17-28(47)54)53-38(57)20-5-11-24(12-6-20)51-41(60)29-30(43)32(45)34(48)33(46)31(29)44/h3-16,18,27,55H,17,48H2,1-2H3,(H2,47,54)(H,49,58)(H,50,59)(H,51,60)(H,52,56)(H,53,57)(H,61,62). The van der Waals surface area contributed by atoms with Crippen molar-refractivity contribution in [3.63, 3.8) is 0 Å². The van der Waals surface area contributed by atoms with E-state index in [1.54, 1.807) is 13.8 Å². The third-order valence-electron chi connectivity index (χ3n) is 8.74. The van der Waals surface area contributed by atoms with Crippen LogP contribution in [0.25, 0.3) is 0 Å². The monoisotopic (exact) mass is 873 g/mol. The van der Waals surface area contributed by atoms with Gasteiger partial charge < -0.3 is 53.0 Å². The number of halogens is 4. The summed E-state index contributed by atoms with van der Waals surface area (Å²) in [5.74, 6) is -15.8. The van der Waals surface area contributed by atoms with Crippen molar-refractivity contribution in [3.8, 4) is 11.5 Å². The zero-order chi connectivity index (χ0) is 46.3. The number of rotatable bonds is 15. The average Bonchev–Trinajstić information content (AvgIpc) is 3.23. The summed E-state index contributed by atoms with van der Waals surface area (Å²) in [5.41, 5.74) is 7.12. The molecule has 63 heavy (non-hydrogen) atoms. The molecule has 5 aromatic rings. The van der Waals surface area contributed by atoms with E-state index in [1.165, 1.54) is 60.7 Å². The highest BCUT2D eigenvalue weighted by molar-refractivity contribution is 6.10. The number of hydrogen-bond acceptors (Lipinski definition) is 10. The number of amides is 6. The molecule has 1 unspecified atom stereocenters. The lowest BCUT2D eigenvalue weighted by molar-refractivity contribution is -0.123. The molecule has 0 bridgehead atoms. The van der Waals surface area contributed by atoms with E-state index in [0.29, 0.717) is 0 Å². The Bertz CT molecular complexity index is 2620. The van der Waals surface area contributed by atoms with Gasteiger partial charge in [-0.05, 0) is 98.8 Å². The number of primary amides is 1. The second kappa shape index (κ2) is 19.3. The molecule has 17 nitrogen and oxygen atoms in total. The Labute approximate surface area is 353 Å². The number of hydrogen-bond donors (Lipinski definition) is 9. The lowest BCUT2D eigenvalue weighted by atomic mass is 10.1. The zero-order valence-corrected chi connectivity index (χ0v) is 32.8. The van der Waals surface area contributed by atoms with Gasteiger partial charge in [-0.2, -0.15) is 0 Å². The van der Waals surface area contributed by atoms with Crippen molar-refractivity contribution in [2.75, 3.05) is 27.0 Å². The number of phenols is 1. The number of carboxylic acids is 1. The molecule has 0 aliphatic rings. The minimum atomic E-state index is -2.02. The summed E-state index contributed by atoms with van der Waals surface area (Å²) in [6.45, 7) is 3.29. The van der Waals surface area contributed by atoms with Crippen molar-refractivity contribution in [1.29, 1.82) is 0 Å². The SMILES string of the molecule is CC(C)Oc1c(NC(=O)c2ccc(NC(=O)C(CC(N)=O)NC(=O)c3ccc(NC(=O)c4c(F)c(F)c(N)c(F)c4F)cc3)cc2)ccc(C(=O)Nc2ccc(C(=O)O)cc2)c1O. The number of carbonyl (C=O) groups excluding carboxylic acids is 6. The summed E-state index contributed by atoms with van der Waals surface area (Å²) in [6.07, 6.45) is -1.18. The second-order valence-electron chi connectivity index (χ2n) is 13.6. The van der Waals surface area contributed by atoms with E-state index >= 15 is 0 Å². The first-order valence-electron chi connectivity index (χ1n) is 18.3. The molecule has 1 atom stereocenters. The van der Waals surface area contributed by atoms with Gasteiger partial charge in [0.15, 0.2) is 34.8 Å². The third kappa shape index (κ3) is 10.8. The molecule has 6 amide bonds. The summed E-state index contributed by atoms with van der Waals surface area (Å²) in [7, 11) is 0. The van der Waals surface area contributed by atoms with E-state index in [1.807, 2.05) is 5.32 Å². The molecule has 0 fully saturated rings. The summed E-state index contributed by atoms with van der Waals surface area (Å²) in [4.78, 5) is 88.0. The van der Waals surface area contributed by atoms with Gasteiger partial charge in [0.25, 0.3) is 23.6 Å². The van der Waals surface area contributed by atoms with Crippen LogP contribution in [0, 0.1) is 23.3 Å². The zero-order valence-electron chi connectivity index (χ0n) is 32.8. The molecule has 5 rings (SSSR count). The quantitative estimate of drug-likeness (QED) is 0.0366. The Morgan fingerprint density at radius 3 is 1.59 bits per heavy atom. The largest absolute Gasteiger partial charge is 0.504 e. The van der Waals surface area contributed by atoms with Gasteiger partial charge >= 0.3 is 5.97 Å². The number of carboxylic acid groups (broad SMARTS) is 1. The van der Waals surface area contributed by atoms with Gasteiger partial charge in [-0.1, -0.05) is 0 Å². The molecular formula is C42H35F4N7O10. The normalized spacial score (nSPS) is 11.2. The van der Waals surface area contributed by atoms with Gasteiger partial charge in [-0.15, -0.1) is 0 Å². The fourth-order valence-electron chi connectivity index (χ4n) is 5.63. The Morgan fingerprint density at radius 2 is 1.10 bits per heavy atom. The molecule has 21 heteroatoms. The van der Waals surface area contributed by atoms with Gasteiger partial charge in [0.2, 0.25) is 11.8 Å². The second-order valence-corrected chi connectivity index (χ2v) is 13.6. The number of benzene rings is 5. The van der Waals surface area contributed by atoms with Gasteiger partial charge in [-0.25, -0.2) is 22.4 Å². The van der Waals surface area contributed by atoms with Crippen LogP contribution in [0.15, 0.2) is 84.9 Å². The third-order valence-corrected chi connectivity index (χ3v) is 8.74. The minimum Gasteiger partial charge on any atom is -0.504 e. The van der Waals surface area contributed by atoms with E-state index in [-0.39, 0.29) is 50.8 Å². The molecule has 326 valence electrons. The van der Waals surface area contributed by atoms with Gasteiger partial charge in [0.1, 0.15) is 17.3 Å². The van der Waals surface area contributed by atoms with Crippen molar-refractivity contribution in [2.45, 2.75) is 32.4 Å². The first kappa shape index (κ1) is 45.6. The first-order valence-corrected chi connectivity index (χ1v) is 18.3. The predicted molar refractivity (Wildman–Crippen MR) is 218 cm³/mol. The molecule has 0 saturated heterocycles. The highest BCUT2D eigenvalue weighted by Crippen LogP contribution is 2.39. The molecule has 0 radical (unpaired) electrons. The van der Waals surface area contributed by atoms with Crippen LogP contribution >= 0.6 is 0 Å². The van der Waals surface area contributed by atoms with Crippen molar-refractivity contribution in [2.24, 2.45) is 5.73 Å². The summed E-state index contributed by atoms with van der Waals surface area (Å²) >= 11 is 0. The topological polar surface area (TPSA) is 281 Å². The Balaban J connectivity index is 1.23. The Kier molecular flexibility index (Phi) is 13.9. The van der Waals surface area contributed by atoms with Crippen LogP contribution < -0.4 is 42.8 Å². The maximum Gasteiger partial charge on any atom is 0.335 e. The fourth-order valence-corrected chi connectivity index (χ4v) is 5.63. The highest BCUT2D eigenvalue weighted by Gasteiger charge is 2.29. The Hall–Kier alpha value is -8.49. The van der Waals surface area contributed by atoms with Crippen LogP contribution in [0.4, 0.5) is 46.0 Å². The lowest BCUT2D eigenvalue weighted by Gasteiger charge is -2.19. The van der Waals surface area contributed by atoms with E-state index in [0.717, 1.165) is 24.3 Å². The van der Waals surface area contributed by atoms with Crippen LogP contribution in [0.3, 0.4) is 0 Å². The van der Waals surface area contributed by atoms with E-state index in [4.69, 9.17) is 21.3 Å². The summed E-state index contributed by atoms with van der Waals surface area (Å²) in [6, 6.07) is 16.0. The maximum atomic E-state index is 14.2. The van der Waals surface area contributed by atoms with E-state index in [9.17, 15) is 56.2 Å². The molecule has 0 aliphatic carbocycles. The van der Waals surface area contributed by atoms with Gasteiger partial charge in [0, 0.05) is 28.2 Å². The predicted octanol–water partition coefficient (Wildman–Crippen LogP) is 5.39. The van der Waals surface area contributed by atoms with Gasteiger partial charge in [0.05, 0.1) is 29.3 Å². The fraction of sp³-hybridized carbons (Fsp3) is 0.119. The van der Waals surface area contributed by atoms with E-state index < -0.39 is 100 Å². The van der Waals surface area contributed by atoms with Crippen LogP contribution in [0.2, 0.25) is 0 Å². The number of phenolic OH excluding ortho intramolecular Hbond substituents is 1. The molecular weight excluding hydrogens is 838 g/mol. The number of aromatic carboxylic acids is 1. The highest BCUT2D eigenvalue weighted by atomic mass is 19.2. The molecule has 0 heterocycles. The maximum absolute atomic E-state index is 14.2. The molecule has 0 aromatic heterocycles. The van der Waals surface area contributed by atoms with Crippen molar-refractivity contribution in [3.05, 3.63) is 136 Å². The van der Waals surface area contributed by atoms with Crippen LogP contribution in [0.1, 0.15) is 72.1 Å². The summed E-state index contributed by atoms with van der Waals surface area (Å²) < 4.78 is 61.9. The number of nitrogen functional groups attached to an aromatic ring is 1. The van der Waals surface area contributed by atoms with Crippen LogP contribution in [-0.2, 0) is 9.59 Å². The number of ether oxygens (including phenoxy) is 1. The van der Waals surface area contributed by atoms with E-state index in [2.05, 4.69) is 21.3 Å². The minimum absolute atomic E-state index is 0.00341. The lowest BCUT2D eigenvalue weighted by Crippen LogP contribution is -2.46. The first-order chi connectivity index (χ1) is 29.7. The van der Waals surface area contributed by atoms with Crippen molar-refractivity contribution >= 4 is 69.8 Å². The molecule has 0 aliphatic heterocycles.